The number of benzene rings is 2. The maximum atomic E-state index is 12.5. The van der Waals surface area contributed by atoms with Crippen LogP contribution < -0.4 is 10.4 Å². The van der Waals surface area contributed by atoms with Crippen molar-refractivity contribution in [2.75, 3.05) is 5.01 Å². The highest BCUT2D eigenvalue weighted by atomic mass is 127. The van der Waals surface area contributed by atoms with E-state index in [4.69, 9.17) is 0 Å². The van der Waals surface area contributed by atoms with Crippen LogP contribution >= 0.6 is 22.6 Å². The van der Waals surface area contributed by atoms with Crippen molar-refractivity contribution in [3.05, 3.63) is 68.8 Å². The summed E-state index contributed by atoms with van der Waals surface area (Å²) in [7, 11) is 0. The van der Waals surface area contributed by atoms with Gasteiger partial charge >= 0.3 is 0 Å². The number of hydrogen-bond acceptors (Lipinski definition) is 2. The van der Waals surface area contributed by atoms with Gasteiger partial charge < -0.3 is 0 Å². The van der Waals surface area contributed by atoms with Crippen LogP contribution in [-0.2, 0) is 9.59 Å². The SMILES string of the molecule is Cc1ccc(N2NC(=O)C(=Cc3cccc(I)c3)C2=O)cc1. The molecular formula is C17H13IN2O2. The molecule has 2 aromatic carbocycles. The number of halogens is 1. The first kappa shape index (κ1) is 14.8. The molecule has 0 unspecified atom stereocenters. The van der Waals surface area contributed by atoms with Crippen LogP contribution in [0, 0.1) is 10.5 Å². The van der Waals surface area contributed by atoms with E-state index in [1.165, 1.54) is 5.01 Å². The molecule has 0 spiro atoms. The van der Waals surface area contributed by atoms with Gasteiger partial charge in [-0.15, -0.1) is 0 Å². The second-order valence-electron chi connectivity index (χ2n) is 5.03. The topological polar surface area (TPSA) is 49.4 Å². The molecule has 2 aromatic rings. The summed E-state index contributed by atoms with van der Waals surface area (Å²) >= 11 is 2.19. The zero-order valence-electron chi connectivity index (χ0n) is 11.8. The van der Waals surface area contributed by atoms with Gasteiger partial charge in [0.05, 0.1) is 5.69 Å². The van der Waals surface area contributed by atoms with Gasteiger partial charge in [0, 0.05) is 3.57 Å². The lowest BCUT2D eigenvalue weighted by Crippen LogP contribution is -2.35. The number of anilines is 1. The van der Waals surface area contributed by atoms with Crippen LogP contribution in [0.1, 0.15) is 11.1 Å². The average molecular weight is 404 g/mol. The van der Waals surface area contributed by atoms with Crippen LogP contribution in [-0.4, -0.2) is 11.8 Å². The average Bonchev–Trinajstić information content (AvgIpc) is 2.76. The first-order chi connectivity index (χ1) is 10.5. The van der Waals surface area contributed by atoms with E-state index in [0.717, 1.165) is 14.7 Å². The van der Waals surface area contributed by atoms with E-state index in [1.807, 2.05) is 55.5 Å². The first-order valence-corrected chi connectivity index (χ1v) is 7.82. The third-order valence-electron chi connectivity index (χ3n) is 3.34. The number of aryl methyl sites for hydroxylation is 1. The summed E-state index contributed by atoms with van der Waals surface area (Å²) in [4.78, 5) is 24.5. The minimum absolute atomic E-state index is 0.141. The van der Waals surface area contributed by atoms with E-state index in [9.17, 15) is 9.59 Å². The Hall–Kier alpha value is -2.15. The van der Waals surface area contributed by atoms with Gasteiger partial charge in [0.1, 0.15) is 5.57 Å². The van der Waals surface area contributed by atoms with E-state index in [1.54, 1.807) is 6.08 Å². The largest absolute Gasteiger partial charge is 0.282 e. The van der Waals surface area contributed by atoms with Crippen molar-refractivity contribution in [3.63, 3.8) is 0 Å². The van der Waals surface area contributed by atoms with Crippen molar-refractivity contribution in [2.24, 2.45) is 0 Å². The molecule has 1 fully saturated rings. The van der Waals surface area contributed by atoms with Crippen molar-refractivity contribution in [1.82, 2.24) is 5.43 Å². The van der Waals surface area contributed by atoms with Crippen molar-refractivity contribution in [2.45, 2.75) is 6.92 Å². The predicted octanol–water partition coefficient (Wildman–Crippen LogP) is 3.06. The van der Waals surface area contributed by atoms with E-state index in [0.29, 0.717) is 5.69 Å². The van der Waals surface area contributed by atoms with Crippen molar-refractivity contribution in [1.29, 1.82) is 0 Å². The van der Waals surface area contributed by atoms with Gasteiger partial charge in [0.25, 0.3) is 11.8 Å². The van der Waals surface area contributed by atoms with Crippen LogP contribution in [0.2, 0.25) is 0 Å². The predicted molar refractivity (Wildman–Crippen MR) is 93.9 cm³/mol. The number of rotatable bonds is 2. The van der Waals surface area contributed by atoms with Crippen molar-refractivity contribution < 1.29 is 9.59 Å². The maximum Gasteiger partial charge on any atom is 0.282 e. The van der Waals surface area contributed by atoms with E-state index in [-0.39, 0.29) is 17.4 Å². The van der Waals surface area contributed by atoms with Crippen LogP contribution in [0.4, 0.5) is 5.69 Å². The summed E-state index contributed by atoms with van der Waals surface area (Å²) in [6.45, 7) is 1.97. The molecule has 0 aliphatic carbocycles. The lowest BCUT2D eigenvalue weighted by molar-refractivity contribution is -0.117. The molecule has 2 amide bonds. The summed E-state index contributed by atoms with van der Waals surface area (Å²) in [5.41, 5.74) is 5.31. The third kappa shape index (κ3) is 2.89. The first-order valence-electron chi connectivity index (χ1n) is 6.74. The molecule has 1 heterocycles. The number of nitrogens with zero attached hydrogens (tertiary/aromatic N) is 1. The highest BCUT2D eigenvalue weighted by Crippen LogP contribution is 2.22. The molecular weight excluding hydrogens is 391 g/mol. The summed E-state index contributed by atoms with van der Waals surface area (Å²) < 4.78 is 1.05. The Morgan fingerprint density at radius 2 is 1.82 bits per heavy atom. The minimum atomic E-state index is -0.385. The fraction of sp³-hybridized carbons (Fsp3) is 0.0588. The van der Waals surface area contributed by atoms with Crippen LogP contribution in [0.5, 0.6) is 0 Å². The van der Waals surface area contributed by atoms with Gasteiger partial charge in [-0.2, -0.15) is 0 Å². The van der Waals surface area contributed by atoms with Gasteiger partial charge in [0.2, 0.25) is 0 Å². The molecule has 1 N–H and O–H groups in total. The number of carbonyl (C=O) groups is 2. The molecule has 3 rings (SSSR count). The summed E-state index contributed by atoms with van der Waals surface area (Å²) in [6.07, 6.45) is 1.62. The lowest BCUT2D eigenvalue weighted by Gasteiger charge is -2.14. The minimum Gasteiger partial charge on any atom is -0.267 e. The maximum absolute atomic E-state index is 12.5. The number of hydrogen-bond donors (Lipinski definition) is 1. The Kier molecular flexibility index (Phi) is 3.98. The van der Waals surface area contributed by atoms with Gasteiger partial charge in [-0.05, 0) is 65.4 Å². The molecule has 1 aliphatic rings. The molecule has 5 heteroatoms. The monoisotopic (exact) mass is 404 g/mol. The normalized spacial score (nSPS) is 16.3. The molecule has 0 aromatic heterocycles. The number of carbonyl (C=O) groups excluding carboxylic acids is 2. The molecule has 0 radical (unpaired) electrons. The van der Waals surface area contributed by atoms with E-state index < -0.39 is 0 Å². The van der Waals surface area contributed by atoms with E-state index >= 15 is 0 Å². The molecule has 22 heavy (non-hydrogen) atoms. The van der Waals surface area contributed by atoms with Crippen molar-refractivity contribution in [3.8, 4) is 0 Å². The Morgan fingerprint density at radius 3 is 2.50 bits per heavy atom. The Labute approximate surface area is 141 Å². The standard InChI is InChI=1S/C17H13IN2O2/c1-11-5-7-14(8-6-11)20-17(22)15(16(21)19-20)10-12-3-2-4-13(18)9-12/h2-10H,1H3,(H,19,21). The fourth-order valence-corrected chi connectivity index (χ4v) is 2.76. The number of hydrazine groups is 1. The van der Waals surface area contributed by atoms with Crippen molar-refractivity contribution >= 4 is 46.2 Å². The quantitative estimate of drug-likeness (QED) is 0.475. The summed E-state index contributed by atoms with van der Waals surface area (Å²) in [5, 5.41) is 1.28. The second kappa shape index (κ2) is 5.92. The molecule has 1 saturated heterocycles. The number of nitrogens with one attached hydrogen (secondary N) is 1. The molecule has 4 nitrogen and oxygen atoms in total. The second-order valence-corrected chi connectivity index (χ2v) is 6.28. The number of amides is 2. The third-order valence-corrected chi connectivity index (χ3v) is 4.01. The highest BCUT2D eigenvalue weighted by molar-refractivity contribution is 14.1. The smallest absolute Gasteiger partial charge is 0.267 e. The molecule has 0 atom stereocenters. The van der Waals surface area contributed by atoms with Gasteiger partial charge in [-0.25, -0.2) is 5.01 Å². The van der Waals surface area contributed by atoms with E-state index in [2.05, 4.69) is 28.0 Å². The summed E-state index contributed by atoms with van der Waals surface area (Å²) in [6, 6.07) is 15.0. The molecule has 1 aliphatic heterocycles. The zero-order chi connectivity index (χ0) is 15.7. The van der Waals surface area contributed by atoms with Crippen LogP contribution in [0.3, 0.4) is 0 Å². The van der Waals surface area contributed by atoms with Gasteiger partial charge in [-0.1, -0.05) is 29.8 Å². The molecule has 110 valence electrons. The molecule has 0 bridgehead atoms. The highest BCUT2D eigenvalue weighted by Gasteiger charge is 2.34. The Balaban J connectivity index is 1.93. The van der Waals surface area contributed by atoms with Gasteiger partial charge in [-0.3, -0.25) is 15.0 Å². The fourth-order valence-electron chi connectivity index (χ4n) is 2.20. The lowest BCUT2D eigenvalue weighted by atomic mass is 10.1. The van der Waals surface area contributed by atoms with Crippen LogP contribution in [0.25, 0.3) is 6.08 Å². The van der Waals surface area contributed by atoms with Gasteiger partial charge in [0.15, 0.2) is 0 Å². The molecule has 0 saturated carbocycles. The zero-order valence-corrected chi connectivity index (χ0v) is 14.0. The Bertz CT molecular complexity index is 782. The Morgan fingerprint density at radius 1 is 1.09 bits per heavy atom. The van der Waals surface area contributed by atoms with Crippen LogP contribution in [0.15, 0.2) is 54.1 Å². The summed E-state index contributed by atoms with van der Waals surface area (Å²) in [5.74, 6) is -0.725.